The molecule has 0 amide bonds. The van der Waals surface area contributed by atoms with Gasteiger partial charge in [-0.2, -0.15) is 8.75 Å². The first-order chi connectivity index (χ1) is 22.9. The molecule has 1 N–H and O–H groups in total. The average Bonchev–Trinajstić information content (AvgIpc) is 3.90. The summed E-state index contributed by atoms with van der Waals surface area (Å²) in [6, 6.07) is 26.9. The van der Waals surface area contributed by atoms with Crippen LogP contribution in [0.3, 0.4) is 0 Å². The summed E-state index contributed by atoms with van der Waals surface area (Å²) >= 11 is 4.14. The number of Topliss-reactive ketones (excluding diaryl/α,β-unsaturated/α-hetero) is 3. The van der Waals surface area contributed by atoms with Gasteiger partial charge < -0.3 is 5.11 Å². The highest BCUT2D eigenvalue weighted by Crippen LogP contribution is 2.45. The lowest BCUT2D eigenvalue weighted by atomic mass is 10.0. The Morgan fingerprint density at radius 3 is 1.64 bits per heavy atom. The molecule has 0 radical (unpaired) electrons. The molecule has 2 aliphatic carbocycles. The predicted octanol–water partition coefficient (Wildman–Crippen LogP) is 9.20. The molecule has 3 heterocycles. The molecule has 0 fully saturated rings. The molecular formula is C38H18N2O4S3. The number of hydrogen-bond acceptors (Lipinski definition) is 9. The van der Waals surface area contributed by atoms with Crippen molar-refractivity contribution < 1.29 is 19.5 Å². The molecule has 47 heavy (non-hydrogen) atoms. The lowest BCUT2D eigenvalue weighted by molar-refractivity contribution is 0.0986. The summed E-state index contributed by atoms with van der Waals surface area (Å²) in [5.74, 6) is -0.707. The first-order valence-corrected chi connectivity index (χ1v) is 17.2. The van der Waals surface area contributed by atoms with E-state index in [0.717, 1.165) is 74.2 Å². The van der Waals surface area contributed by atoms with Gasteiger partial charge in [-0.05, 0) is 75.7 Å². The smallest absolute Gasteiger partial charge is 0.197 e. The second kappa shape index (κ2) is 9.66. The SMILES string of the molecule is O=C1C(=Cc2cc3c4nsnc4c4cc(/C=C5\C(=O)c6cc7ccccc7cc6C5O)sc4c3s2)C(=O)c2cc3ccccc3cc21. The van der Waals surface area contributed by atoms with Gasteiger partial charge in [-0.15, -0.1) is 22.7 Å². The fourth-order valence-electron chi connectivity index (χ4n) is 6.90. The number of thiophene rings is 2. The van der Waals surface area contributed by atoms with Crippen LogP contribution in [0.5, 0.6) is 0 Å². The Balaban J connectivity index is 1.09. The number of hydrogen-bond donors (Lipinski definition) is 1. The molecule has 0 spiro atoms. The van der Waals surface area contributed by atoms with E-state index in [1.54, 1.807) is 24.3 Å². The number of aromatic nitrogens is 2. The van der Waals surface area contributed by atoms with Crippen molar-refractivity contribution in [2.24, 2.45) is 0 Å². The van der Waals surface area contributed by atoms with Gasteiger partial charge in [0.2, 0.25) is 0 Å². The Bertz CT molecular complexity index is 2780. The molecule has 3 aromatic heterocycles. The monoisotopic (exact) mass is 662 g/mol. The summed E-state index contributed by atoms with van der Waals surface area (Å²) in [6.07, 6.45) is 2.47. The van der Waals surface area contributed by atoms with Gasteiger partial charge in [-0.3, -0.25) is 14.4 Å². The fraction of sp³-hybridized carbons (Fsp3) is 0.0263. The Kier molecular flexibility index (Phi) is 5.55. The van der Waals surface area contributed by atoms with E-state index in [2.05, 4.69) is 8.75 Å². The van der Waals surface area contributed by atoms with E-state index in [0.29, 0.717) is 27.8 Å². The van der Waals surface area contributed by atoms with Crippen molar-refractivity contribution in [1.29, 1.82) is 0 Å². The summed E-state index contributed by atoms with van der Waals surface area (Å²) < 4.78 is 11.2. The molecule has 9 heteroatoms. The minimum Gasteiger partial charge on any atom is -0.383 e. The standard InChI is InChI=1S/C38H18N2O4S3/c41-33-23-9-17-5-1-2-6-18(17)10-24(23)34(42)29(33)15-21-13-27-31-32(40-47-39-31)28-14-22(46-38(28)37(27)45-21)16-30-35(43)25-11-19-7-3-4-8-20(19)12-26(25)36(30)44/h1-16,33,41H/b29-15-. The van der Waals surface area contributed by atoms with Gasteiger partial charge in [-0.25, -0.2) is 0 Å². The maximum Gasteiger partial charge on any atom is 0.197 e. The van der Waals surface area contributed by atoms with E-state index in [4.69, 9.17) is 0 Å². The molecule has 1 unspecified atom stereocenters. The first-order valence-electron chi connectivity index (χ1n) is 14.9. The van der Waals surface area contributed by atoms with Crippen LogP contribution in [0, 0.1) is 0 Å². The quantitative estimate of drug-likeness (QED) is 0.146. The molecule has 0 bridgehead atoms. The van der Waals surface area contributed by atoms with Crippen LogP contribution >= 0.6 is 34.4 Å². The Labute approximate surface area is 277 Å². The zero-order valence-electron chi connectivity index (χ0n) is 24.1. The second-order valence-corrected chi connectivity index (χ2v) is 14.5. The highest BCUT2D eigenvalue weighted by Gasteiger charge is 2.35. The van der Waals surface area contributed by atoms with Crippen LogP contribution in [0.1, 0.15) is 52.5 Å². The molecule has 1 atom stereocenters. The summed E-state index contributed by atoms with van der Waals surface area (Å²) in [6.45, 7) is 0. The molecular weight excluding hydrogens is 645 g/mol. The molecule has 0 saturated carbocycles. The third-order valence-corrected chi connectivity index (χ3v) is 12.0. The fourth-order valence-corrected chi connectivity index (χ4v) is 9.85. The molecule has 222 valence electrons. The number of carbonyl (C=O) groups is 3. The third-order valence-electron chi connectivity index (χ3n) is 9.17. The molecule has 8 aromatic rings. The topological polar surface area (TPSA) is 97.2 Å². The van der Waals surface area contributed by atoms with E-state index >= 15 is 0 Å². The van der Waals surface area contributed by atoms with Crippen molar-refractivity contribution in [2.75, 3.05) is 0 Å². The minimum atomic E-state index is -1.02. The van der Waals surface area contributed by atoms with Crippen molar-refractivity contribution in [3.05, 3.63) is 128 Å². The number of fused-ring (bicyclic) bond motifs is 10. The summed E-state index contributed by atoms with van der Waals surface area (Å²) in [7, 11) is 0. The van der Waals surface area contributed by atoms with Crippen LogP contribution in [0.4, 0.5) is 0 Å². The summed E-state index contributed by atoms with van der Waals surface area (Å²) in [5.41, 5.74) is 4.03. The van der Waals surface area contributed by atoms with Gasteiger partial charge in [0.1, 0.15) is 17.1 Å². The number of aliphatic hydroxyl groups is 1. The number of nitrogens with zero attached hydrogens (tertiary/aromatic N) is 2. The highest BCUT2D eigenvalue weighted by molar-refractivity contribution is 7.28. The molecule has 0 saturated heterocycles. The molecule has 5 aromatic carbocycles. The van der Waals surface area contributed by atoms with Crippen molar-refractivity contribution >= 4 is 117 Å². The van der Waals surface area contributed by atoms with Crippen LogP contribution in [-0.2, 0) is 0 Å². The lowest BCUT2D eigenvalue weighted by Gasteiger charge is -2.05. The normalized spacial score (nSPS) is 17.0. The van der Waals surface area contributed by atoms with E-state index in [-0.39, 0.29) is 22.9 Å². The average molecular weight is 663 g/mol. The van der Waals surface area contributed by atoms with Crippen LogP contribution in [0.15, 0.2) is 96.1 Å². The number of ketones is 3. The van der Waals surface area contributed by atoms with Crippen LogP contribution in [-0.4, -0.2) is 31.2 Å². The minimum absolute atomic E-state index is 0.156. The Morgan fingerprint density at radius 2 is 1.09 bits per heavy atom. The van der Waals surface area contributed by atoms with Crippen LogP contribution < -0.4 is 0 Å². The maximum atomic E-state index is 13.5. The van der Waals surface area contributed by atoms with Gasteiger partial charge in [0.15, 0.2) is 17.3 Å². The van der Waals surface area contributed by atoms with Gasteiger partial charge in [0, 0.05) is 42.8 Å². The molecule has 2 aliphatic rings. The zero-order valence-corrected chi connectivity index (χ0v) is 26.6. The number of allylic oxidation sites excluding steroid dienone is 1. The zero-order chi connectivity index (χ0) is 31.6. The number of rotatable bonds is 2. The van der Waals surface area contributed by atoms with E-state index in [1.165, 1.54) is 22.7 Å². The van der Waals surface area contributed by atoms with Gasteiger partial charge in [-0.1, -0.05) is 48.5 Å². The third kappa shape index (κ3) is 3.82. The number of aliphatic hydroxyl groups excluding tert-OH is 1. The lowest BCUT2D eigenvalue weighted by Crippen LogP contribution is -1.99. The maximum absolute atomic E-state index is 13.5. The van der Waals surface area contributed by atoms with E-state index in [9.17, 15) is 19.5 Å². The van der Waals surface area contributed by atoms with Crippen LogP contribution in [0.25, 0.3) is 64.9 Å². The summed E-state index contributed by atoms with van der Waals surface area (Å²) in [4.78, 5) is 42.0. The largest absolute Gasteiger partial charge is 0.383 e. The van der Waals surface area contributed by atoms with Crippen molar-refractivity contribution in [3.8, 4) is 0 Å². The van der Waals surface area contributed by atoms with E-state index < -0.39 is 6.10 Å². The first kappa shape index (κ1) is 27.0. The highest BCUT2D eigenvalue weighted by atomic mass is 32.1. The van der Waals surface area contributed by atoms with Crippen molar-refractivity contribution in [1.82, 2.24) is 8.75 Å². The Hall–Kier alpha value is -5.19. The van der Waals surface area contributed by atoms with Gasteiger partial charge >= 0.3 is 0 Å². The molecule has 10 rings (SSSR count). The Morgan fingerprint density at radius 1 is 0.596 bits per heavy atom. The van der Waals surface area contributed by atoms with E-state index in [1.807, 2.05) is 72.8 Å². The summed E-state index contributed by atoms with van der Waals surface area (Å²) in [5, 5.41) is 16.8. The van der Waals surface area contributed by atoms with Crippen LogP contribution in [0.2, 0.25) is 0 Å². The molecule has 6 nitrogen and oxygen atoms in total. The van der Waals surface area contributed by atoms with Crippen molar-refractivity contribution in [2.45, 2.75) is 6.10 Å². The van der Waals surface area contributed by atoms with Gasteiger partial charge in [0.25, 0.3) is 0 Å². The van der Waals surface area contributed by atoms with Crippen molar-refractivity contribution in [3.63, 3.8) is 0 Å². The number of benzene rings is 5. The predicted molar refractivity (Wildman–Crippen MR) is 190 cm³/mol. The molecule has 0 aliphatic heterocycles. The number of carbonyl (C=O) groups excluding carboxylic acids is 3. The van der Waals surface area contributed by atoms with Gasteiger partial charge in [0.05, 0.1) is 26.7 Å². The second-order valence-electron chi connectivity index (χ2n) is 11.8.